The van der Waals surface area contributed by atoms with Gasteiger partial charge in [-0.3, -0.25) is 9.59 Å². The van der Waals surface area contributed by atoms with Crippen molar-refractivity contribution in [1.82, 2.24) is 9.97 Å². The molecular formula is C24H24ClN3O3S. The lowest BCUT2D eigenvalue weighted by Crippen LogP contribution is -2.31. The second-order valence-electron chi connectivity index (χ2n) is 7.60. The molecule has 0 unspecified atom stereocenters. The van der Waals surface area contributed by atoms with E-state index in [2.05, 4.69) is 22.2 Å². The van der Waals surface area contributed by atoms with E-state index in [0.717, 1.165) is 24.0 Å². The third-order valence-electron chi connectivity index (χ3n) is 5.24. The van der Waals surface area contributed by atoms with Gasteiger partial charge < -0.3 is 15.0 Å². The van der Waals surface area contributed by atoms with Gasteiger partial charge in [-0.25, -0.2) is 4.98 Å². The molecule has 1 amide bonds. The fraction of sp³-hybridized carbons (Fsp3) is 0.292. The molecule has 0 aliphatic carbocycles. The van der Waals surface area contributed by atoms with Crippen LogP contribution in [0.5, 0.6) is 5.75 Å². The van der Waals surface area contributed by atoms with Gasteiger partial charge in [0.1, 0.15) is 11.6 Å². The molecule has 2 N–H and O–H groups in total. The number of rotatable bonds is 8. The number of amides is 1. The number of aromatic nitrogens is 2. The summed E-state index contributed by atoms with van der Waals surface area (Å²) < 4.78 is 5.96. The second kappa shape index (κ2) is 10.2. The van der Waals surface area contributed by atoms with Crippen molar-refractivity contribution in [2.45, 2.75) is 43.0 Å². The van der Waals surface area contributed by atoms with Gasteiger partial charge in [-0.15, -0.1) is 0 Å². The van der Waals surface area contributed by atoms with Crippen LogP contribution in [0.3, 0.4) is 0 Å². The summed E-state index contributed by atoms with van der Waals surface area (Å²) in [5.41, 5.74) is 2.05. The average Bonchev–Trinajstić information content (AvgIpc) is 2.77. The van der Waals surface area contributed by atoms with Gasteiger partial charge in [0.05, 0.1) is 12.2 Å². The van der Waals surface area contributed by atoms with Gasteiger partial charge in [0.15, 0.2) is 5.16 Å². The van der Waals surface area contributed by atoms with Crippen LogP contribution in [0, 0.1) is 0 Å². The Hall–Kier alpha value is -2.77. The number of para-hydroxylation sites is 1. The number of ether oxygens (including phenoxy) is 1. The molecule has 2 aromatic carbocycles. The van der Waals surface area contributed by atoms with E-state index in [1.54, 1.807) is 0 Å². The SMILES string of the molecule is CCCCOc1ccccc1[C@@H]1CC(=O)Nc2nc(SCc3cccc(Cl)c3)[nH]c(=O)c21. The highest BCUT2D eigenvalue weighted by Gasteiger charge is 2.32. The Labute approximate surface area is 195 Å². The van der Waals surface area contributed by atoms with Crippen molar-refractivity contribution in [3.63, 3.8) is 0 Å². The minimum absolute atomic E-state index is 0.168. The van der Waals surface area contributed by atoms with Crippen LogP contribution >= 0.6 is 23.4 Å². The summed E-state index contributed by atoms with van der Waals surface area (Å²) >= 11 is 7.43. The molecule has 4 rings (SSSR count). The fourth-order valence-electron chi connectivity index (χ4n) is 3.69. The first-order valence-electron chi connectivity index (χ1n) is 10.6. The van der Waals surface area contributed by atoms with Crippen molar-refractivity contribution in [3.8, 4) is 5.75 Å². The van der Waals surface area contributed by atoms with Crippen molar-refractivity contribution >= 4 is 35.1 Å². The van der Waals surface area contributed by atoms with Crippen molar-refractivity contribution in [2.24, 2.45) is 0 Å². The quantitative estimate of drug-likeness (QED) is 0.263. The molecule has 8 heteroatoms. The number of halogens is 1. The molecule has 2 heterocycles. The van der Waals surface area contributed by atoms with Gasteiger partial charge in [0.25, 0.3) is 5.56 Å². The van der Waals surface area contributed by atoms with Gasteiger partial charge in [-0.1, -0.05) is 67.0 Å². The largest absolute Gasteiger partial charge is 0.493 e. The Morgan fingerprint density at radius 2 is 2.03 bits per heavy atom. The number of nitrogens with one attached hydrogen (secondary N) is 2. The molecule has 0 fully saturated rings. The van der Waals surface area contributed by atoms with Gasteiger partial charge in [-0.05, 0) is 30.2 Å². The standard InChI is InChI=1S/C24H24ClN3O3S/c1-2-3-11-31-19-10-5-4-9-17(19)18-13-20(29)26-22-21(18)23(30)28-24(27-22)32-14-15-7-6-8-16(25)12-15/h4-10,12,18H,2-3,11,13-14H2,1H3,(H2,26,27,28,29,30)/t18-/m0/s1. The van der Waals surface area contributed by atoms with Crippen LogP contribution < -0.4 is 15.6 Å². The first-order valence-corrected chi connectivity index (χ1v) is 11.9. The molecule has 166 valence electrons. The minimum atomic E-state index is -0.417. The maximum absolute atomic E-state index is 13.1. The van der Waals surface area contributed by atoms with E-state index in [9.17, 15) is 9.59 Å². The number of carbonyl (C=O) groups is 1. The normalized spacial score (nSPS) is 15.2. The molecule has 3 aromatic rings. The Morgan fingerprint density at radius 3 is 2.84 bits per heavy atom. The Kier molecular flexibility index (Phi) is 7.17. The number of fused-ring (bicyclic) bond motifs is 1. The molecule has 0 saturated carbocycles. The maximum atomic E-state index is 13.1. The molecule has 0 spiro atoms. The summed E-state index contributed by atoms with van der Waals surface area (Å²) in [6.07, 6.45) is 2.13. The van der Waals surface area contributed by atoms with E-state index in [1.165, 1.54) is 11.8 Å². The molecular weight excluding hydrogens is 446 g/mol. The average molecular weight is 470 g/mol. The van der Waals surface area contributed by atoms with E-state index in [-0.39, 0.29) is 17.9 Å². The second-order valence-corrected chi connectivity index (χ2v) is 9.00. The number of carbonyl (C=O) groups excluding carboxylic acids is 1. The van der Waals surface area contributed by atoms with Crippen molar-refractivity contribution in [1.29, 1.82) is 0 Å². The summed E-state index contributed by atoms with van der Waals surface area (Å²) in [5, 5.41) is 3.88. The van der Waals surface area contributed by atoms with E-state index >= 15 is 0 Å². The number of aromatic amines is 1. The molecule has 0 bridgehead atoms. The molecule has 1 aromatic heterocycles. The van der Waals surface area contributed by atoms with Gasteiger partial charge in [0.2, 0.25) is 5.91 Å². The number of anilines is 1. The van der Waals surface area contributed by atoms with Crippen molar-refractivity contribution < 1.29 is 9.53 Å². The summed E-state index contributed by atoms with van der Waals surface area (Å²) in [4.78, 5) is 33.0. The Morgan fingerprint density at radius 1 is 1.19 bits per heavy atom. The van der Waals surface area contributed by atoms with Crippen LogP contribution in [0.1, 0.15) is 48.8 Å². The first kappa shape index (κ1) is 22.4. The highest BCUT2D eigenvalue weighted by atomic mass is 35.5. The van der Waals surface area contributed by atoms with Crippen molar-refractivity contribution in [2.75, 3.05) is 11.9 Å². The number of thioether (sulfide) groups is 1. The molecule has 32 heavy (non-hydrogen) atoms. The zero-order valence-corrected chi connectivity index (χ0v) is 19.3. The number of hydrogen-bond acceptors (Lipinski definition) is 5. The van der Waals surface area contributed by atoms with Crippen LogP contribution in [0.2, 0.25) is 5.02 Å². The molecule has 6 nitrogen and oxygen atoms in total. The van der Waals surface area contributed by atoms with Gasteiger partial charge in [0, 0.05) is 28.7 Å². The maximum Gasteiger partial charge on any atom is 0.257 e. The first-order chi connectivity index (χ1) is 15.5. The molecule has 0 radical (unpaired) electrons. The number of nitrogens with zero attached hydrogens (tertiary/aromatic N) is 1. The van der Waals surface area contributed by atoms with Crippen LogP contribution in [0.25, 0.3) is 0 Å². The number of hydrogen-bond donors (Lipinski definition) is 2. The van der Waals surface area contributed by atoms with Crippen LogP contribution in [0.4, 0.5) is 5.82 Å². The van der Waals surface area contributed by atoms with E-state index < -0.39 is 5.92 Å². The van der Waals surface area contributed by atoms with E-state index in [0.29, 0.717) is 39.7 Å². The predicted molar refractivity (Wildman–Crippen MR) is 128 cm³/mol. The van der Waals surface area contributed by atoms with Crippen LogP contribution in [-0.2, 0) is 10.5 Å². The molecule has 0 saturated heterocycles. The fourth-order valence-corrected chi connectivity index (χ4v) is 4.71. The van der Waals surface area contributed by atoms with Gasteiger partial charge in [-0.2, -0.15) is 0 Å². The van der Waals surface area contributed by atoms with Crippen LogP contribution in [0.15, 0.2) is 58.5 Å². The zero-order chi connectivity index (χ0) is 22.5. The topological polar surface area (TPSA) is 84.1 Å². The highest BCUT2D eigenvalue weighted by Crippen LogP contribution is 2.38. The minimum Gasteiger partial charge on any atom is -0.493 e. The number of unbranched alkanes of at least 4 members (excludes halogenated alkanes) is 1. The van der Waals surface area contributed by atoms with Crippen LogP contribution in [-0.4, -0.2) is 22.5 Å². The van der Waals surface area contributed by atoms with Crippen molar-refractivity contribution in [3.05, 3.63) is 80.6 Å². The lowest BCUT2D eigenvalue weighted by Gasteiger charge is -2.26. The third-order valence-corrected chi connectivity index (χ3v) is 6.42. The smallest absolute Gasteiger partial charge is 0.257 e. The van der Waals surface area contributed by atoms with Gasteiger partial charge >= 0.3 is 0 Å². The lowest BCUT2D eigenvalue weighted by molar-refractivity contribution is -0.116. The lowest BCUT2D eigenvalue weighted by atomic mass is 9.86. The summed E-state index contributed by atoms with van der Waals surface area (Å²) in [6.45, 7) is 2.69. The predicted octanol–water partition coefficient (Wildman–Crippen LogP) is 5.37. The highest BCUT2D eigenvalue weighted by molar-refractivity contribution is 7.98. The molecule has 1 atom stereocenters. The molecule has 1 aliphatic heterocycles. The zero-order valence-electron chi connectivity index (χ0n) is 17.7. The third kappa shape index (κ3) is 5.16. The van der Waals surface area contributed by atoms with E-state index in [4.69, 9.17) is 16.3 Å². The monoisotopic (exact) mass is 469 g/mol. The summed E-state index contributed by atoms with van der Waals surface area (Å²) in [6, 6.07) is 15.1. The summed E-state index contributed by atoms with van der Waals surface area (Å²) in [5.74, 6) is 1.01. The number of H-pyrrole nitrogens is 1. The number of benzene rings is 2. The van der Waals surface area contributed by atoms with E-state index in [1.807, 2.05) is 48.5 Å². The Bertz CT molecular complexity index is 1180. The molecule has 1 aliphatic rings. The Balaban J connectivity index is 1.63. The summed E-state index contributed by atoms with van der Waals surface area (Å²) in [7, 11) is 0.